The van der Waals surface area contributed by atoms with E-state index in [9.17, 15) is 24.5 Å². The second-order valence-electron chi connectivity index (χ2n) is 13.5. The van der Waals surface area contributed by atoms with Gasteiger partial charge in [0.2, 0.25) is 0 Å². The topological polar surface area (TPSA) is 119 Å². The molecule has 0 aromatic heterocycles. The Morgan fingerprint density at radius 1 is 0.800 bits per heavy atom. The van der Waals surface area contributed by atoms with Crippen molar-refractivity contribution >= 4 is 29.1 Å². The zero-order valence-corrected chi connectivity index (χ0v) is 30.4. The van der Waals surface area contributed by atoms with E-state index in [1.54, 1.807) is 7.05 Å². The van der Waals surface area contributed by atoms with Gasteiger partial charge in [0.15, 0.2) is 5.78 Å². The number of fused-ring (bicyclic) bond motifs is 3. The van der Waals surface area contributed by atoms with E-state index >= 15 is 0 Å². The van der Waals surface area contributed by atoms with Gasteiger partial charge in [-0.3, -0.25) is 29.5 Å². The van der Waals surface area contributed by atoms with Crippen molar-refractivity contribution in [3.05, 3.63) is 98.6 Å². The number of aliphatic imine (C=N–C) groups is 1. The SMILES string of the molecule is CCCCCCC1(CCCCCC)c2cc(C(=O)c3ccc([N+](=O)[O-])cc3)ccc2-c2ccc(/C(CC(C)N(OC(C)=O)C(C)=O)=N\C)cc21. The molecule has 1 unspecified atom stereocenters. The lowest BCUT2D eigenvalue weighted by Crippen LogP contribution is -2.39. The summed E-state index contributed by atoms with van der Waals surface area (Å²) in [6.07, 6.45) is 11.2. The lowest BCUT2D eigenvalue weighted by Gasteiger charge is -2.33. The van der Waals surface area contributed by atoms with Gasteiger partial charge in [-0.15, -0.1) is 0 Å². The first-order valence-electron chi connectivity index (χ1n) is 18.0. The molecule has 0 fully saturated rings. The Morgan fingerprint density at radius 3 is 1.80 bits per heavy atom. The third-order valence-electron chi connectivity index (χ3n) is 9.91. The first-order valence-corrected chi connectivity index (χ1v) is 18.0. The van der Waals surface area contributed by atoms with Crippen LogP contribution in [0.25, 0.3) is 11.1 Å². The average molecular weight is 682 g/mol. The van der Waals surface area contributed by atoms with Gasteiger partial charge in [0.05, 0.1) is 11.0 Å². The number of carbonyl (C=O) groups is 3. The molecule has 266 valence electrons. The number of benzene rings is 3. The molecule has 0 N–H and O–H groups in total. The predicted octanol–water partition coefficient (Wildman–Crippen LogP) is 9.56. The quantitative estimate of drug-likeness (QED) is 0.0460. The van der Waals surface area contributed by atoms with E-state index in [0.29, 0.717) is 17.5 Å². The maximum Gasteiger partial charge on any atom is 0.329 e. The monoisotopic (exact) mass is 681 g/mol. The number of non-ortho nitro benzene ring substituents is 1. The van der Waals surface area contributed by atoms with Gasteiger partial charge in [-0.05, 0) is 71.8 Å². The highest BCUT2D eigenvalue weighted by molar-refractivity contribution is 6.10. The van der Waals surface area contributed by atoms with E-state index in [1.165, 1.54) is 43.7 Å². The lowest BCUT2D eigenvalue weighted by molar-refractivity contribution is -0.384. The van der Waals surface area contributed by atoms with Crippen molar-refractivity contribution in [2.45, 2.75) is 117 Å². The van der Waals surface area contributed by atoms with Crippen LogP contribution in [-0.2, 0) is 19.8 Å². The summed E-state index contributed by atoms with van der Waals surface area (Å²) < 4.78 is 0. The Hall–Kier alpha value is -4.66. The summed E-state index contributed by atoms with van der Waals surface area (Å²) >= 11 is 0. The summed E-state index contributed by atoms with van der Waals surface area (Å²) in [4.78, 5) is 58.6. The van der Waals surface area contributed by atoms with Crippen LogP contribution >= 0.6 is 0 Å². The van der Waals surface area contributed by atoms with Crippen LogP contribution in [0.3, 0.4) is 0 Å². The second-order valence-corrected chi connectivity index (χ2v) is 13.5. The molecule has 0 bridgehead atoms. The van der Waals surface area contributed by atoms with Crippen molar-refractivity contribution in [3.8, 4) is 11.1 Å². The Labute approximate surface area is 296 Å². The van der Waals surface area contributed by atoms with Gasteiger partial charge < -0.3 is 4.84 Å². The third kappa shape index (κ3) is 8.55. The van der Waals surface area contributed by atoms with Crippen LogP contribution in [0.1, 0.15) is 138 Å². The molecule has 9 nitrogen and oxygen atoms in total. The number of rotatable bonds is 17. The van der Waals surface area contributed by atoms with E-state index < -0.39 is 16.9 Å². The molecule has 1 aliphatic carbocycles. The molecule has 3 aromatic rings. The van der Waals surface area contributed by atoms with Crippen molar-refractivity contribution in [2.24, 2.45) is 4.99 Å². The molecule has 0 saturated heterocycles. The highest BCUT2D eigenvalue weighted by atomic mass is 16.7. The summed E-state index contributed by atoms with van der Waals surface area (Å²) in [5.41, 5.74) is 7.03. The van der Waals surface area contributed by atoms with Gasteiger partial charge in [-0.1, -0.05) is 89.5 Å². The number of hydrogen-bond acceptors (Lipinski definition) is 7. The Balaban J connectivity index is 1.82. The maximum absolute atomic E-state index is 13.8. The van der Waals surface area contributed by atoms with Crippen molar-refractivity contribution in [1.29, 1.82) is 0 Å². The number of unbranched alkanes of at least 4 members (excludes halogenated alkanes) is 6. The number of nitro groups is 1. The molecule has 0 aliphatic heterocycles. The first kappa shape index (κ1) is 38.1. The fourth-order valence-corrected chi connectivity index (χ4v) is 7.39. The molecule has 0 radical (unpaired) electrons. The molecule has 0 heterocycles. The fourth-order valence-electron chi connectivity index (χ4n) is 7.39. The molecular weight excluding hydrogens is 630 g/mol. The first-order chi connectivity index (χ1) is 24.0. The number of nitro benzene ring substituents is 1. The summed E-state index contributed by atoms with van der Waals surface area (Å²) in [7, 11) is 1.74. The van der Waals surface area contributed by atoms with E-state index in [1.807, 2.05) is 13.0 Å². The van der Waals surface area contributed by atoms with Crippen LogP contribution in [0.4, 0.5) is 5.69 Å². The van der Waals surface area contributed by atoms with Crippen LogP contribution in [-0.4, -0.2) is 46.4 Å². The van der Waals surface area contributed by atoms with Crippen LogP contribution < -0.4 is 0 Å². The number of carbonyl (C=O) groups excluding carboxylic acids is 3. The smallest absolute Gasteiger partial charge is 0.329 e. The fraction of sp³-hybridized carbons (Fsp3) is 0.463. The molecule has 0 spiro atoms. The molecule has 0 saturated carbocycles. The van der Waals surface area contributed by atoms with Crippen LogP contribution in [0.5, 0.6) is 0 Å². The van der Waals surface area contributed by atoms with Gasteiger partial charge in [0.1, 0.15) is 0 Å². The van der Waals surface area contributed by atoms with Crippen molar-refractivity contribution < 1.29 is 24.1 Å². The summed E-state index contributed by atoms with van der Waals surface area (Å²) in [6.45, 7) is 8.92. The minimum absolute atomic E-state index is 0.0512. The highest BCUT2D eigenvalue weighted by Crippen LogP contribution is 2.55. The zero-order chi connectivity index (χ0) is 36.4. The van der Waals surface area contributed by atoms with Crippen LogP contribution in [0.15, 0.2) is 65.7 Å². The highest BCUT2D eigenvalue weighted by Gasteiger charge is 2.43. The van der Waals surface area contributed by atoms with Gasteiger partial charge in [0, 0.05) is 61.7 Å². The van der Waals surface area contributed by atoms with E-state index in [4.69, 9.17) is 4.84 Å². The molecule has 3 aromatic carbocycles. The van der Waals surface area contributed by atoms with Crippen LogP contribution in [0.2, 0.25) is 0 Å². The standard InChI is InChI=1S/C41H51N3O6/c1-7-9-11-13-23-41(24-14-12-10-8-2)37-26-32(39(42-6)25-28(3)43(29(4)45)50-30(5)46)17-21-35(37)36-22-18-33(27-38(36)41)40(47)31-15-19-34(20-16-31)44(48)49/h15-22,26-28H,7-14,23-25H2,1-6H3/b42-39-. The molecule has 1 amide bonds. The zero-order valence-electron chi connectivity index (χ0n) is 30.4. The van der Waals surface area contributed by atoms with Crippen molar-refractivity contribution in [1.82, 2.24) is 5.06 Å². The Bertz CT molecular complexity index is 1720. The normalized spacial score (nSPS) is 13.7. The summed E-state index contributed by atoms with van der Waals surface area (Å²) in [5, 5.41) is 12.3. The predicted molar refractivity (Wildman–Crippen MR) is 198 cm³/mol. The van der Waals surface area contributed by atoms with E-state index in [2.05, 4.69) is 49.2 Å². The molecule has 1 aliphatic rings. The van der Waals surface area contributed by atoms with Gasteiger partial charge >= 0.3 is 5.97 Å². The lowest BCUT2D eigenvalue weighted by atomic mass is 9.70. The molecule has 9 heteroatoms. The van der Waals surface area contributed by atoms with Gasteiger partial charge in [-0.25, -0.2) is 0 Å². The minimum Gasteiger partial charge on any atom is -0.338 e. The summed E-state index contributed by atoms with van der Waals surface area (Å²) in [6, 6.07) is 17.9. The van der Waals surface area contributed by atoms with Crippen molar-refractivity contribution in [3.63, 3.8) is 0 Å². The average Bonchev–Trinajstić information content (AvgIpc) is 3.37. The summed E-state index contributed by atoms with van der Waals surface area (Å²) in [5.74, 6) is -1.08. The molecule has 4 rings (SSSR count). The minimum atomic E-state index is -0.556. The van der Waals surface area contributed by atoms with E-state index in [-0.39, 0.29) is 22.8 Å². The molecule has 50 heavy (non-hydrogen) atoms. The van der Waals surface area contributed by atoms with Gasteiger partial charge in [-0.2, -0.15) is 5.06 Å². The second kappa shape index (κ2) is 17.3. The molecule has 1 atom stereocenters. The van der Waals surface area contributed by atoms with Crippen molar-refractivity contribution in [2.75, 3.05) is 7.05 Å². The third-order valence-corrected chi connectivity index (χ3v) is 9.91. The largest absolute Gasteiger partial charge is 0.338 e. The number of hydroxylamine groups is 2. The molecular formula is C41H51N3O6. The number of amides is 1. The maximum atomic E-state index is 13.8. The Morgan fingerprint density at radius 2 is 1.32 bits per heavy atom. The van der Waals surface area contributed by atoms with Gasteiger partial charge in [0.25, 0.3) is 11.6 Å². The van der Waals surface area contributed by atoms with E-state index in [0.717, 1.165) is 97.2 Å². The van der Waals surface area contributed by atoms with Crippen LogP contribution in [0, 0.1) is 10.1 Å². The number of nitrogens with zero attached hydrogens (tertiary/aromatic N) is 3. The number of ketones is 1. The number of hydrogen-bond donors (Lipinski definition) is 0. The Kier molecular flexibility index (Phi) is 13.2.